The van der Waals surface area contributed by atoms with E-state index in [4.69, 9.17) is 4.74 Å². The zero-order valence-electron chi connectivity index (χ0n) is 10.6. The molecule has 0 saturated heterocycles. The zero-order chi connectivity index (χ0) is 12.4. The van der Waals surface area contributed by atoms with Gasteiger partial charge in [-0.25, -0.2) is 4.79 Å². The Hall–Kier alpha value is -0.930. The van der Waals surface area contributed by atoms with Crippen molar-refractivity contribution >= 4 is 5.97 Å². The van der Waals surface area contributed by atoms with E-state index in [2.05, 4.69) is 19.0 Å². The Morgan fingerprint density at radius 1 is 1.19 bits per heavy atom. The summed E-state index contributed by atoms with van der Waals surface area (Å²) >= 11 is 0. The van der Waals surface area contributed by atoms with Gasteiger partial charge in [-0.1, -0.05) is 44.7 Å². The first-order valence-electron chi connectivity index (χ1n) is 6.10. The Labute approximate surface area is 97.7 Å². The van der Waals surface area contributed by atoms with Gasteiger partial charge >= 0.3 is 5.97 Å². The van der Waals surface area contributed by atoms with Crippen molar-refractivity contribution in [2.45, 2.75) is 58.9 Å². The third-order valence-corrected chi connectivity index (χ3v) is 2.44. The summed E-state index contributed by atoms with van der Waals surface area (Å²) in [4.78, 5) is 21.7. The Morgan fingerprint density at radius 2 is 1.81 bits per heavy atom. The largest absolute Gasteiger partial charge is 0.464 e. The van der Waals surface area contributed by atoms with E-state index >= 15 is 0 Å². The van der Waals surface area contributed by atoms with Gasteiger partial charge in [-0.05, 0) is 19.3 Å². The summed E-state index contributed by atoms with van der Waals surface area (Å²) in [6.45, 7) is 6.41. The summed E-state index contributed by atoms with van der Waals surface area (Å²) in [7, 11) is 0. The van der Waals surface area contributed by atoms with Crippen molar-refractivity contribution < 1.29 is 9.53 Å². The maximum Gasteiger partial charge on any atom is 0.334 e. The predicted octanol–water partition coefficient (Wildman–Crippen LogP) is 3.29. The van der Waals surface area contributed by atoms with Gasteiger partial charge in [0.05, 0.1) is 6.61 Å². The normalized spacial score (nSPS) is 12.5. The molecular weight excluding hydrogens is 206 g/mol. The molecule has 0 fully saturated rings. The number of hydrogen-bond donors (Lipinski definition) is 0. The molecule has 0 saturated carbocycles. The van der Waals surface area contributed by atoms with Crippen LogP contribution in [0.25, 0.3) is 0 Å². The van der Waals surface area contributed by atoms with Gasteiger partial charge in [0.25, 0.3) is 0 Å². The van der Waals surface area contributed by atoms with Crippen molar-refractivity contribution in [3.8, 4) is 0 Å². The van der Waals surface area contributed by atoms with Crippen LogP contribution in [0.2, 0.25) is 0 Å². The second-order valence-electron chi connectivity index (χ2n) is 4.41. The SMILES string of the molecule is CCOC(=O)C(CCCCCC(C)C)N=O. The molecule has 0 spiro atoms. The van der Waals surface area contributed by atoms with E-state index in [0.29, 0.717) is 18.9 Å². The lowest BCUT2D eigenvalue weighted by molar-refractivity contribution is -0.144. The van der Waals surface area contributed by atoms with E-state index in [1.165, 1.54) is 6.42 Å². The van der Waals surface area contributed by atoms with Crippen LogP contribution < -0.4 is 0 Å². The molecule has 1 unspecified atom stereocenters. The molecule has 94 valence electrons. The van der Waals surface area contributed by atoms with Crippen LogP contribution >= 0.6 is 0 Å². The van der Waals surface area contributed by atoms with Crippen LogP contribution in [0, 0.1) is 10.8 Å². The van der Waals surface area contributed by atoms with Gasteiger partial charge in [0.2, 0.25) is 0 Å². The van der Waals surface area contributed by atoms with Gasteiger partial charge in [-0.3, -0.25) is 0 Å². The number of nitroso groups, excluding NO2 is 1. The molecule has 0 aliphatic rings. The minimum atomic E-state index is -0.806. The van der Waals surface area contributed by atoms with Crippen molar-refractivity contribution in [3.05, 3.63) is 4.91 Å². The van der Waals surface area contributed by atoms with Crippen molar-refractivity contribution in [2.75, 3.05) is 6.61 Å². The van der Waals surface area contributed by atoms with E-state index < -0.39 is 12.0 Å². The summed E-state index contributed by atoms with van der Waals surface area (Å²) in [5.41, 5.74) is 0. The molecule has 0 radical (unpaired) electrons. The molecule has 4 heteroatoms. The molecule has 0 N–H and O–H groups in total. The minimum absolute atomic E-state index is 0.304. The molecule has 0 rings (SSSR count). The quantitative estimate of drug-likeness (QED) is 0.346. The molecule has 1 atom stereocenters. The first kappa shape index (κ1) is 15.1. The molecule has 0 aliphatic carbocycles. The van der Waals surface area contributed by atoms with Gasteiger partial charge in [0.1, 0.15) is 0 Å². The smallest absolute Gasteiger partial charge is 0.334 e. The van der Waals surface area contributed by atoms with Crippen LogP contribution in [0.4, 0.5) is 0 Å². The highest BCUT2D eigenvalue weighted by Gasteiger charge is 2.19. The second-order valence-corrected chi connectivity index (χ2v) is 4.41. The Bertz CT molecular complexity index is 204. The Kier molecular flexibility index (Phi) is 8.77. The van der Waals surface area contributed by atoms with Crippen molar-refractivity contribution in [2.24, 2.45) is 11.1 Å². The van der Waals surface area contributed by atoms with E-state index in [9.17, 15) is 9.70 Å². The van der Waals surface area contributed by atoms with Crippen LogP contribution in [0.3, 0.4) is 0 Å². The number of hydrogen-bond acceptors (Lipinski definition) is 4. The summed E-state index contributed by atoms with van der Waals surface area (Å²) in [5, 5.41) is 2.81. The monoisotopic (exact) mass is 229 g/mol. The van der Waals surface area contributed by atoms with Crippen molar-refractivity contribution in [1.29, 1.82) is 0 Å². The van der Waals surface area contributed by atoms with Crippen molar-refractivity contribution in [3.63, 3.8) is 0 Å². The average molecular weight is 229 g/mol. The number of carbonyl (C=O) groups excluding carboxylic acids is 1. The Morgan fingerprint density at radius 3 is 2.31 bits per heavy atom. The minimum Gasteiger partial charge on any atom is -0.464 e. The van der Waals surface area contributed by atoms with Crippen LogP contribution in [0.1, 0.15) is 52.9 Å². The fourth-order valence-corrected chi connectivity index (χ4v) is 1.52. The van der Waals surface area contributed by atoms with Crippen molar-refractivity contribution in [1.82, 2.24) is 0 Å². The average Bonchev–Trinajstić information content (AvgIpc) is 2.23. The fourth-order valence-electron chi connectivity index (χ4n) is 1.52. The van der Waals surface area contributed by atoms with Gasteiger partial charge in [-0.2, -0.15) is 0 Å². The lowest BCUT2D eigenvalue weighted by Crippen LogP contribution is -2.21. The number of esters is 1. The highest BCUT2D eigenvalue weighted by atomic mass is 16.5. The fraction of sp³-hybridized carbons (Fsp3) is 0.917. The first-order valence-corrected chi connectivity index (χ1v) is 6.10. The van der Waals surface area contributed by atoms with Crippen LogP contribution in [-0.4, -0.2) is 18.6 Å². The first-order chi connectivity index (χ1) is 7.61. The molecule has 4 nitrogen and oxygen atoms in total. The summed E-state index contributed by atoms with van der Waals surface area (Å²) in [6.07, 6.45) is 4.76. The molecule has 0 amide bonds. The summed E-state index contributed by atoms with van der Waals surface area (Å²) in [6, 6.07) is -0.806. The van der Waals surface area contributed by atoms with E-state index in [1.54, 1.807) is 6.92 Å². The maximum atomic E-state index is 11.2. The molecule has 16 heavy (non-hydrogen) atoms. The van der Waals surface area contributed by atoms with Gasteiger partial charge in [0, 0.05) is 0 Å². The highest BCUT2D eigenvalue weighted by molar-refractivity contribution is 5.75. The van der Waals surface area contributed by atoms with E-state index in [0.717, 1.165) is 19.3 Å². The number of rotatable bonds is 9. The summed E-state index contributed by atoms with van der Waals surface area (Å²) in [5.74, 6) is 0.228. The number of unbranched alkanes of at least 4 members (excludes halogenated alkanes) is 2. The number of ether oxygens (including phenoxy) is 1. The van der Waals surface area contributed by atoms with E-state index in [1.807, 2.05) is 0 Å². The summed E-state index contributed by atoms with van der Waals surface area (Å²) < 4.78 is 4.76. The van der Waals surface area contributed by atoms with Crippen LogP contribution in [0.15, 0.2) is 5.18 Å². The topological polar surface area (TPSA) is 55.7 Å². The number of carbonyl (C=O) groups is 1. The Balaban J connectivity index is 3.63. The maximum absolute atomic E-state index is 11.2. The van der Waals surface area contributed by atoms with Gasteiger partial charge in [0.15, 0.2) is 6.04 Å². The molecule has 0 aromatic rings. The molecule has 0 heterocycles. The second kappa shape index (κ2) is 9.31. The third kappa shape index (κ3) is 7.37. The molecule has 0 aliphatic heterocycles. The van der Waals surface area contributed by atoms with Gasteiger partial charge in [-0.15, -0.1) is 4.91 Å². The van der Waals surface area contributed by atoms with Crippen LogP contribution in [-0.2, 0) is 9.53 Å². The molecule has 0 aromatic carbocycles. The van der Waals surface area contributed by atoms with E-state index in [-0.39, 0.29) is 0 Å². The lowest BCUT2D eigenvalue weighted by atomic mass is 10.0. The third-order valence-electron chi connectivity index (χ3n) is 2.44. The highest BCUT2D eigenvalue weighted by Crippen LogP contribution is 2.12. The lowest BCUT2D eigenvalue weighted by Gasteiger charge is -2.08. The zero-order valence-corrected chi connectivity index (χ0v) is 10.6. The molecule has 0 bridgehead atoms. The van der Waals surface area contributed by atoms with Crippen LogP contribution in [0.5, 0.6) is 0 Å². The standard InChI is InChI=1S/C12H23NO3/c1-4-16-12(14)11(13-15)9-7-5-6-8-10(2)3/h10-11H,4-9H2,1-3H3. The number of nitrogens with zero attached hydrogens (tertiary/aromatic N) is 1. The van der Waals surface area contributed by atoms with Gasteiger partial charge < -0.3 is 4.74 Å². The molecular formula is C12H23NO3. The molecule has 0 aromatic heterocycles. The predicted molar refractivity (Wildman–Crippen MR) is 64.1 cm³/mol.